The highest BCUT2D eigenvalue weighted by molar-refractivity contribution is 7.53. The van der Waals surface area contributed by atoms with Crippen LogP contribution in [0, 0.1) is 0 Å². The maximum atomic E-state index is 12.1. The van der Waals surface area contributed by atoms with Gasteiger partial charge < -0.3 is 9.05 Å². The van der Waals surface area contributed by atoms with E-state index in [0.717, 1.165) is 5.69 Å². The van der Waals surface area contributed by atoms with Gasteiger partial charge in [-0.2, -0.15) is 0 Å². The van der Waals surface area contributed by atoms with Crippen molar-refractivity contribution < 1.29 is 13.6 Å². The highest BCUT2D eigenvalue weighted by atomic mass is 31.2. The van der Waals surface area contributed by atoms with Gasteiger partial charge >= 0.3 is 7.60 Å². The molecule has 0 unspecified atom stereocenters. The minimum atomic E-state index is -2.92. The van der Waals surface area contributed by atoms with Gasteiger partial charge in [-0.3, -0.25) is 9.55 Å². The Morgan fingerprint density at radius 2 is 1.94 bits per heavy atom. The summed E-state index contributed by atoms with van der Waals surface area (Å²) in [6, 6.07) is 5.67. The van der Waals surface area contributed by atoms with Gasteiger partial charge in [-0.15, -0.1) is 0 Å². The zero-order chi connectivity index (χ0) is 11.9. The van der Waals surface area contributed by atoms with Crippen molar-refractivity contribution in [3.63, 3.8) is 0 Å². The van der Waals surface area contributed by atoms with Gasteiger partial charge in [0.2, 0.25) is 0 Å². The van der Waals surface area contributed by atoms with E-state index in [1.54, 1.807) is 6.20 Å². The van der Waals surface area contributed by atoms with Gasteiger partial charge in [0.05, 0.1) is 19.4 Å². The largest absolute Gasteiger partial charge is 0.331 e. The number of aromatic nitrogens is 1. The summed E-state index contributed by atoms with van der Waals surface area (Å²) in [7, 11) is -2.92. The van der Waals surface area contributed by atoms with E-state index in [9.17, 15) is 4.57 Å². The molecule has 4 nitrogen and oxygen atoms in total. The van der Waals surface area contributed by atoms with Gasteiger partial charge in [0.15, 0.2) is 0 Å². The molecule has 1 rings (SSSR count). The van der Waals surface area contributed by atoms with Gasteiger partial charge in [0, 0.05) is 18.3 Å². The molecule has 90 valence electrons. The van der Waals surface area contributed by atoms with Crippen molar-refractivity contribution in [1.82, 2.24) is 4.98 Å². The maximum absolute atomic E-state index is 12.1. The smallest absolute Gasteiger partial charge is 0.309 e. The first-order valence-electron chi connectivity index (χ1n) is 5.48. The van der Waals surface area contributed by atoms with E-state index in [2.05, 4.69) is 4.98 Å². The molecule has 0 aliphatic heterocycles. The molecule has 1 heterocycles. The summed E-state index contributed by atoms with van der Waals surface area (Å²) in [5.41, 5.74) is 0.905. The number of hydrogen-bond acceptors (Lipinski definition) is 4. The summed E-state index contributed by atoms with van der Waals surface area (Å²) in [6.45, 7) is 4.43. The topological polar surface area (TPSA) is 48.4 Å². The molecule has 0 aromatic carbocycles. The first-order chi connectivity index (χ1) is 7.70. The van der Waals surface area contributed by atoms with Crippen molar-refractivity contribution in [2.75, 3.05) is 19.4 Å². The molecule has 0 aliphatic carbocycles. The van der Waals surface area contributed by atoms with Gasteiger partial charge in [-0.05, 0) is 26.0 Å². The average molecular weight is 243 g/mol. The predicted octanol–water partition coefficient (Wildman–Crippen LogP) is 2.89. The second-order valence-electron chi connectivity index (χ2n) is 3.24. The molecule has 16 heavy (non-hydrogen) atoms. The Morgan fingerprint density at radius 3 is 2.44 bits per heavy atom. The molecular weight excluding hydrogens is 225 g/mol. The maximum Gasteiger partial charge on any atom is 0.331 e. The molecule has 0 spiro atoms. The van der Waals surface area contributed by atoms with Crippen LogP contribution in [0.1, 0.15) is 19.5 Å². The SMILES string of the molecule is CCOP(=O)(CCc1ccccn1)OCC. The number of rotatable bonds is 7. The fourth-order valence-corrected chi connectivity index (χ4v) is 2.98. The third kappa shape index (κ3) is 4.44. The molecule has 0 radical (unpaired) electrons. The van der Waals surface area contributed by atoms with Crippen molar-refractivity contribution >= 4 is 7.60 Å². The quantitative estimate of drug-likeness (QED) is 0.691. The molecule has 1 aromatic rings. The highest BCUT2D eigenvalue weighted by Gasteiger charge is 2.22. The van der Waals surface area contributed by atoms with Crippen molar-refractivity contribution in [2.24, 2.45) is 0 Å². The van der Waals surface area contributed by atoms with Gasteiger partial charge in [0.1, 0.15) is 0 Å². The van der Waals surface area contributed by atoms with E-state index in [1.807, 2.05) is 32.0 Å². The lowest BCUT2D eigenvalue weighted by atomic mass is 10.3. The second-order valence-corrected chi connectivity index (χ2v) is 5.43. The molecule has 0 atom stereocenters. The standard InChI is InChI=1S/C11H18NO3P/c1-3-14-16(13,15-4-2)10-8-11-7-5-6-9-12-11/h5-7,9H,3-4,8,10H2,1-2H3. The molecule has 0 bridgehead atoms. The van der Waals surface area contributed by atoms with Crippen LogP contribution in [-0.4, -0.2) is 24.4 Å². The van der Waals surface area contributed by atoms with Crippen molar-refractivity contribution in [1.29, 1.82) is 0 Å². The Balaban J connectivity index is 2.53. The Bertz CT molecular complexity index is 332. The molecule has 1 aromatic heterocycles. The summed E-state index contributed by atoms with van der Waals surface area (Å²) in [5.74, 6) is 0. The number of hydrogen-bond donors (Lipinski definition) is 0. The minimum absolute atomic E-state index is 0.381. The lowest BCUT2D eigenvalue weighted by Gasteiger charge is -2.16. The number of pyridine rings is 1. The van der Waals surface area contributed by atoms with Crippen LogP contribution < -0.4 is 0 Å². The van der Waals surface area contributed by atoms with E-state index < -0.39 is 7.60 Å². The third-order valence-corrected chi connectivity index (χ3v) is 4.09. The highest BCUT2D eigenvalue weighted by Crippen LogP contribution is 2.48. The zero-order valence-corrected chi connectivity index (χ0v) is 10.7. The second kappa shape index (κ2) is 6.79. The van der Waals surface area contributed by atoms with Crippen LogP contribution >= 0.6 is 7.60 Å². The van der Waals surface area contributed by atoms with Crippen molar-refractivity contribution in [2.45, 2.75) is 20.3 Å². The Morgan fingerprint density at radius 1 is 1.25 bits per heavy atom. The van der Waals surface area contributed by atoms with Crippen LogP contribution in [0.5, 0.6) is 0 Å². The Hall–Kier alpha value is -0.700. The number of nitrogens with zero attached hydrogens (tertiary/aromatic N) is 1. The normalized spacial score (nSPS) is 11.6. The van der Waals surface area contributed by atoms with Crippen LogP contribution in [0.4, 0.5) is 0 Å². The molecule has 0 saturated heterocycles. The van der Waals surface area contributed by atoms with Gasteiger partial charge in [-0.25, -0.2) is 0 Å². The van der Waals surface area contributed by atoms with E-state index in [1.165, 1.54) is 0 Å². The molecule has 0 fully saturated rings. The number of aryl methyl sites for hydroxylation is 1. The lowest BCUT2D eigenvalue weighted by Crippen LogP contribution is -2.03. The fraction of sp³-hybridized carbons (Fsp3) is 0.545. The summed E-state index contributed by atoms with van der Waals surface area (Å²) < 4.78 is 22.5. The molecule has 0 N–H and O–H groups in total. The van der Waals surface area contributed by atoms with Gasteiger partial charge in [-0.1, -0.05) is 6.07 Å². The van der Waals surface area contributed by atoms with Crippen LogP contribution in [0.2, 0.25) is 0 Å². The molecular formula is C11H18NO3P. The summed E-state index contributed by atoms with van der Waals surface area (Å²) in [6.07, 6.45) is 2.71. The van der Waals surface area contributed by atoms with E-state index in [0.29, 0.717) is 25.8 Å². The van der Waals surface area contributed by atoms with E-state index in [-0.39, 0.29) is 0 Å². The van der Waals surface area contributed by atoms with E-state index in [4.69, 9.17) is 9.05 Å². The van der Waals surface area contributed by atoms with Gasteiger partial charge in [0.25, 0.3) is 0 Å². The lowest BCUT2D eigenvalue weighted by molar-refractivity contribution is 0.220. The zero-order valence-electron chi connectivity index (χ0n) is 9.76. The first-order valence-corrected chi connectivity index (χ1v) is 7.21. The molecule has 0 amide bonds. The summed E-state index contributed by atoms with van der Waals surface area (Å²) >= 11 is 0. The van der Waals surface area contributed by atoms with Crippen LogP contribution in [-0.2, 0) is 20.0 Å². The van der Waals surface area contributed by atoms with Crippen LogP contribution in [0.15, 0.2) is 24.4 Å². The Kier molecular flexibility index (Phi) is 5.67. The first kappa shape index (κ1) is 13.4. The minimum Gasteiger partial charge on any atom is -0.309 e. The molecule has 5 heteroatoms. The predicted molar refractivity (Wildman–Crippen MR) is 63.7 cm³/mol. The molecule has 0 aliphatic rings. The summed E-state index contributed by atoms with van der Waals surface area (Å²) in [5, 5.41) is 0. The third-order valence-electron chi connectivity index (χ3n) is 2.02. The fourth-order valence-electron chi connectivity index (χ4n) is 1.36. The average Bonchev–Trinajstić information content (AvgIpc) is 2.29. The summed E-state index contributed by atoms with van der Waals surface area (Å²) in [4.78, 5) is 4.17. The van der Waals surface area contributed by atoms with Crippen molar-refractivity contribution in [3.05, 3.63) is 30.1 Å². The van der Waals surface area contributed by atoms with Crippen LogP contribution in [0.25, 0.3) is 0 Å². The van der Waals surface area contributed by atoms with E-state index >= 15 is 0 Å². The van der Waals surface area contributed by atoms with Crippen LogP contribution in [0.3, 0.4) is 0 Å². The molecule has 0 saturated carbocycles. The van der Waals surface area contributed by atoms with Crippen molar-refractivity contribution in [3.8, 4) is 0 Å². The monoisotopic (exact) mass is 243 g/mol. The Labute approximate surface area is 96.5 Å².